The van der Waals surface area contributed by atoms with E-state index in [4.69, 9.17) is 9.47 Å². The number of hydrogen-bond acceptors (Lipinski definition) is 7. The van der Waals surface area contributed by atoms with Gasteiger partial charge in [-0.05, 0) is 34.7 Å². The highest BCUT2D eigenvalue weighted by Gasteiger charge is 2.33. The lowest BCUT2D eigenvalue weighted by molar-refractivity contribution is -0.152. The Bertz CT molecular complexity index is 1190. The summed E-state index contributed by atoms with van der Waals surface area (Å²) in [4.78, 5) is 37.7. The zero-order valence-corrected chi connectivity index (χ0v) is 20.0. The van der Waals surface area contributed by atoms with E-state index in [2.05, 4.69) is 10.4 Å². The van der Waals surface area contributed by atoms with Crippen molar-refractivity contribution < 1.29 is 23.9 Å². The zero-order chi connectivity index (χ0) is 24.6. The van der Waals surface area contributed by atoms with Crippen LogP contribution in [0.1, 0.15) is 39.7 Å². The van der Waals surface area contributed by atoms with Crippen LogP contribution in [0.15, 0.2) is 77.2 Å². The zero-order valence-electron chi connectivity index (χ0n) is 19.2. The van der Waals surface area contributed by atoms with Gasteiger partial charge in [0.05, 0.1) is 30.2 Å². The Balaban J connectivity index is 1.37. The average Bonchev–Trinajstić information content (AvgIpc) is 3.59. The Morgan fingerprint density at radius 3 is 2.51 bits per heavy atom. The minimum Gasteiger partial charge on any atom is -0.497 e. The van der Waals surface area contributed by atoms with Crippen LogP contribution in [0.4, 0.5) is 0 Å². The number of carbonyl (C=O) groups is 3. The molecule has 0 saturated heterocycles. The van der Waals surface area contributed by atoms with Gasteiger partial charge in [-0.3, -0.25) is 14.4 Å². The molecule has 1 N–H and O–H groups in total. The molecule has 1 atom stereocenters. The Kier molecular flexibility index (Phi) is 7.89. The second-order valence-corrected chi connectivity index (χ2v) is 8.74. The lowest BCUT2D eigenvalue weighted by Crippen LogP contribution is -2.32. The second kappa shape index (κ2) is 11.4. The van der Waals surface area contributed by atoms with E-state index < -0.39 is 18.5 Å². The minimum atomic E-state index is -0.572. The topological polar surface area (TPSA) is 97.3 Å². The number of benzene rings is 2. The molecule has 1 aromatic heterocycles. The fourth-order valence-electron chi connectivity index (χ4n) is 3.68. The molecule has 0 fully saturated rings. The predicted molar refractivity (Wildman–Crippen MR) is 132 cm³/mol. The molecular weight excluding hydrogens is 466 g/mol. The summed E-state index contributed by atoms with van der Waals surface area (Å²) < 4.78 is 10.4. The number of hydrazone groups is 1. The van der Waals surface area contributed by atoms with E-state index in [0.29, 0.717) is 17.0 Å². The molecule has 3 aromatic rings. The molecule has 0 aliphatic carbocycles. The third kappa shape index (κ3) is 6.13. The van der Waals surface area contributed by atoms with Gasteiger partial charge in [-0.1, -0.05) is 48.5 Å². The first kappa shape index (κ1) is 24.2. The molecule has 1 aliphatic heterocycles. The first-order valence-corrected chi connectivity index (χ1v) is 12.0. The van der Waals surface area contributed by atoms with Gasteiger partial charge < -0.3 is 14.8 Å². The molecule has 2 heterocycles. The predicted octanol–water partition coefficient (Wildman–Crippen LogP) is 3.80. The van der Waals surface area contributed by atoms with Gasteiger partial charge in [-0.25, -0.2) is 5.01 Å². The number of nitrogens with zero attached hydrogens (tertiary/aromatic N) is 2. The Labute approximate surface area is 207 Å². The number of esters is 1. The van der Waals surface area contributed by atoms with Crippen LogP contribution < -0.4 is 10.1 Å². The number of thiophene rings is 1. The van der Waals surface area contributed by atoms with Crippen molar-refractivity contribution in [3.05, 3.63) is 88.1 Å². The van der Waals surface area contributed by atoms with Crippen LogP contribution in [0.2, 0.25) is 0 Å². The smallest absolute Gasteiger partial charge is 0.308 e. The highest BCUT2D eigenvalue weighted by Crippen LogP contribution is 2.33. The molecule has 9 heteroatoms. The molecule has 4 rings (SSSR count). The molecule has 0 spiro atoms. The quantitative estimate of drug-likeness (QED) is 0.459. The molecule has 0 saturated carbocycles. The van der Waals surface area contributed by atoms with Gasteiger partial charge in [0.25, 0.3) is 11.8 Å². The van der Waals surface area contributed by atoms with Gasteiger partial charge in [-0.2, -0.15) is 5.10 Å². The molecule has 0 radical (unpaired) electrons. The highest BCUT2D eigenvalue weighted by molar-refractivity contribution is 7.12. The van der Waals surface area contributed by atoms with Crippen molar-refractivity contribution in [2.24, 2.45) is 5.10 Å². The maximum atomic E-state index is 13.0. The van der Waals surface area contributed by atoms with E-state index in [1.165, 1.54) is 16.3 Å². The van der Waals surface area contributed by atoms with Gasteiger partial charge >= 0.3 is 5.97 Å². The Morgan fingerprint density at radius 1 is 1.06 bits per heavy atom. The molecule has 35 heavy (non-hydrogen) atoms. The maximum Gasteiger partial charge on any atom is 0.308 e. The molecule has 2 amide bonds. The minimum absolute atomic E-state index is 0.0369. The molecule has 2 aromatic carbocycles. The van der Waals surface area contributed by atoms with Crippen LogP contribution >= 0.6 is 11.3 Å². The Morgan fingerprint density at radius 2 is 1.83 bits per heavy atom. The second-order valence-electron chi connectivity index (χ2n) is 7.79. The fourth-order valence-corrected chi connectivity index (χ4v) is 4.32. The summed E-state index contributed by atoms with van der Waals surface area (Å²) in [5.74, 6) is -0.523. The summed E-state index contributed by atoms with van der Waals surface area (Å²) in [6, 6.07) is 20.3. The maximum absolute atomic E-state index is 13.0. The summed E-state index contributed by atoms with van der Waals surface area (Å²) >= 11 is 1.32. The summed E-state index contributed by atoms with van der Waals surface area (Å²) in [6.07, 6.45) is 0.496. The van der Waals surface area contributed by atoms with Crippen LogP contribution in [-0.4, -0.2) is 48.8 Å². The van der Waals surface area contributed by atoms with Crippen molar-refractivity contribution in [1.29, 1.82) is 0 Å². The fraction of sp³-hybridized carbons (Fsp3) is 0.231. The van der Waals surface area contributed by atoms with Crippen molar-refractivity contribution in [2.45, 2.75) is 18.9 Å². The number of amides is 2. The summed E-state index contributed by atoms with van der Waals surface area (Å²) in [7, 11) is 1.60. The van der Waals surface area contributed by atoms with Crippen LogP contribution in [0, 0.1) is 0 Å². The molecule has 1 aliphatic rings. The van der Waals surface area contributed by atoms with Gasteiger partial charge in [0, 0.05) is 13.0 Å². The lowest BCUT2D eigenvalue weighted by Gasteiger charge is -2.22. The summed E-state index contributed by atoms with van der Waals surface area (Å²) in [5.41, 5.74) is 2.61. The van der Waals surface area contributed by atoms with Crippen molar-refractivity contribution in [1.82, 2.24) is 10.3 Å². The van der Waals surface area contributed by atoms with E-state index in [-0.39, 0.29) is 24.9 Å². The van der Waals surface area contributed by atoms with Crippen LogP contribution in [0.3, 0.4) is 0 Å². The number of nitrogens with one attached hydrogen (secondary N) is 1. The van der Waals surface area contributed by atoms with Crippen molar-refractivity contribution in [3.8, 4) is 5.75 Å². The molecule has 0 bridgehead atoms. The normalized spacial score (nSPS) is 14.8. The van der Waals surface area contributed by atoms with Gasteiger partial charge in [0.15, 0.2) is 6.61 Å². The third-order valence-electron chi connectivity index (χ3n) is 5.49. The van der Waals surface area contributed by atoms with E-state index >= 15 is 0 Å². The number of methoxy groups -OCH3 is 1. The first-order valence-electron chi connectivity index (χ1n) is 11.1. The van der Waals surface area contributed by atoms with Crippen LogP contribution in [-0.2, 0) is 14.3 Å². The largest absolute Gasteiger partial charge is 0.497 e. The van der Waals surface area contributed by atoms with Crippen LogP contribution in [0.5, 0.6) is 5.75 Å². The monoisotopic (exact) mass is 491 g/mol. The number of hydrogen-bond donors (Lipinski definition) is 1. The van der Waals surface area contributed by atoms with E-state index in [1.807, 2.05) is 54.6 Å². The number of rotatable bonds is 9. The standard InChI is InChI=1S/C26H25N3O5S/c1-33-20-11-9-19(10-12-20)22-16-21(18-6-3-2-4-7-18)28-29(22)24(30)17-34-25(31)13-14-27-26(32)23-8-5-15-35-23/h2-12,15,22H,13-14,16-17H2,1H3,(H,27,32). The number of ether oxygens (including phenoxy) is 2. The summed E-state index contributed by atoms with van der Waals surface area (Å²) in [6.45, 7) is -0.311. The molecule has 1 unspecified atom stereocenters. The molecule has 180 valence electrons. The first-order chi connectivity index (χ1) is 17.0. The molecular formula is C26H25N3O5S. The molecule has 8 nitrogen and oxygen atoms in total. The SMILES string of the molecule is COc1ccc(C2CC(c3ccccc3)=NN2C(=O)COC(=O)CCNC(=O)c2cccs2)cc1. The van der Waals surface area contributed by atoms with Crippen molar-refractivity contribution in [2.75, 3.05) is 20.3 Å². The van der Waals surface area contributed by atoms with Crippen molar-refractivity contribution >= 4 is 34.8 Å². The van der Waals surface area contributed by atoms with E-state index in [1.54, 1.807) is 24.6 Å². The van der Waals surface area contributed by atoms with Crippen LogP contribution in [0.25, 0.3) is 0 Å². The van der Waals surface area contributed by atoms with Gasteiger partial charge in [0.1, 0.15) is 5.75 Å². The van der Waals surface area contributed by atoms with Crippen molar-refractivity contribution in [3.63, 3.8) is 0 Å². The lowest BCUT2D eigenvalue weighted by atomic mass is 9.98. The van der Waals surface area contributed by atoms with E-state index in [9.17, 15) is 14.4 Å². The number of carbonyl (C=O) groups excluding carboxylic acids is 3. The highest BCUT2D eigenvalue weighted by atomic mass is 32.1. The Hall–Kier alpha value is -3.98. The third-order valence-corrected chi connectivity index (χ3v) is 6.36. The van der Waals surface area contributed by atoms with Gasteiger partial charge in [-0.15, -0.1) is 11.3 Å². The van der Waals surface area contributed by atoms with Gasteiger partial charge in [0.2, 0.25) is 0 Å². The summed E-state index contributed by atoms with van der Waals surface area (Å²) in [5, 5.41) is 10.4. The van der Waals surface area contributed by atoms with E-state index in [0.717, 1.165) is 16.8 Å². The average molecular weight is 492 g/mol.